The molecule has 3 nitrogen and oxygen atoms in total. The Morgan fingerprint density at radius 2 is 1.58 bits per heavy atom. The molecule has 4 rings (SSSR count). The van der Waals surface area contributed by atoms with Crippen LogP contribution in [0.15, 0.2) is 65.9 Å². The fraction of sp³-hybridized carbons (Fsp3) is 0.100. The van der Waals surface area contributed by atoms with Gasteiger partial charge in [-0.25, -0.2) is 0 Å². The number of ether oxygens (including phenoxy) is 1. The van der Waals surface area contributed by atoms with Crippen LogP contribution in [0.5, 0.6) is 5.75 Å². The Hall–Kier alpha value is -3.15. The highest BCUT2D eigenvalue weighted by Gasteiger charge is 2.35. The van der Waals surface area contributed by atoms with Gasteiger partial charge in [-0.2, -0.15) is 13.2 Å². The van der Waals surface area contributed by atoms with Gasteiger partial charge < -0.3 is 4.74 Å². The van der Waals surface area contributed by atoms with Gasteiger partial charge in [-0.15, -0.1) is 0 Å². The van der Waals surface area contributed by atoms with E-state index in [2.05, 4.69) is 0 Å². The molecule has 1 heterocycles. The molecule has 2 aromatic rings. The van der Waals surface area contributed by atoms with Crippen LogP contribution in [0.1, 0.15) is 23.1 Å². The molecule has 0 radical (unpaired) electrons. The molecule has 2 aliphatic rings. The van der Waals surface area contributed by atoms with Gasteiger partial charge in [0.05, 0.1) is 17.6 Å². The summed E-state index contributed by atoms with van der Waals surface area (Å²) in [6, 6.07) is 11.5. The van der Waals surface area contributed by atoms with E-state index in [-0.39, 0.29) is 23.5 Å². The smallest absolute Gasteiger partial charge is 0.416 e. The predicted molar refractivity (Wildman–Crippen MR) is 87.3 cm³/mol. The summed E-state index contributed by atoms with van der Waals surface area (Å²) in [5, 5.41) is 0. The fourth-order valence-corrected chi connectivity index (χ4v) is 3.14. The van der Waals surface area contributed by atoms with E-state index in [1.165, 1.54) is 18.2 Å². The van der Waals surface area contributed by atoms with Crippen molar-refractivity contribution in [1.29, 1.82) is 0 Å². The summed E-state index contributed by atoms with van der Waals surface area (Å²) in [6.07, 6.45) is -3.46. The molecular formula is C20H11F3O3. The molecule has 0 atom stereocenters. The molecule has 0 fully saturated rings. The Labute approximate surface area is 146 Å². The molecule has 130 valence electrons. The van der Waals surface area contributed by atoms with Gasteiger partial charge in [0.25, 0.3) is 0 Å². The van der Waals surface area contributed by atoms with Gasteiger partial charge >= 0.3 is 6.18 Å². The molecule has 0 unspecified atom stereocenters. The minimum absolute atomic E-state index is 0.139. The van der Waals surface area contributed by atoms with Crippen LogP contribution in [-0.2, 0) is 15.8 Å². The first-order chi connectivity index (χ1) is 12.3. The zero-order valence-corrected chi connectivity index (χ0v) is 13.3. The van der Waals surface area contributed by atoms with Gasteiger partial charge in [0.1, 0.15) is 11.5 Å². The molecule has 0 aromatic heterocycles. The van der Waals surface area contributed by atoms with E-state index >= 15 is 0 Å². The second-order valence-electron chi connectivity index (χ2n) is 6.00. The third-order valence-corrected chi connectivity index (χ3v) is 4.28. The minimum Gasteiger partial charge on any atom is -0.456 e. The van der Waals surface area contributed by atoms with Crippen molar-refractivity contribution in [2.45, 2.75) is 12.6 Å². The first-order valence-corrected chi connectivity index (χ1v) is 7.82. The summed E-state index contributed by atoms with van der Waals surface area (Å²) >= 11 is 0. The number of halogens is 3. The average molecular weight is 356 g/mol. The zero-order chi connectivity index (χ0) is 18.5. The number of alkyl halides is 3. The Bertz CT molecular complexity index is 996. The van der Waals surface area contributed by atoms with Crippen LogP contribution in [0.2, 0.25) is 0 Å². The normalized spacial score (nSPS) is 16.7. The lowest BCUT2D eigenvalue weighted by molar-refractivity contribution is -0.137. The summed E-state index contributed by atoms with van der Waals surface area (Å²) < 4.78 is 44.2. The molecule has 2 aromatic carbocycles. The van der Waals surface area contributed by atoms with Gasteiger partial charge in [0, 0.05) is 17.2 Å². The highest BCUT2D eigenvalue weighted by Crippen LogP contribution is 2.43. The number of benzene rings is 2. The topological polar surface area (TPSA) is 43.4 Å². The Kier molecular flexibility index (Phi) is 3.57. The van der Waals surface area contributed by atoms with Gasteiger partial charge in [-0.05, 0) is 23.8 Å². The van der Waals surface area contributed by atoms with Crippen molar-refractivity contribution in [3.63, 3.8) is 0 Å². The van der Waals surface area contributed by atoms with Crippen molar-refractivity contribution in [2.24, 2.45) is 0 Å². The van der Waals surface area contributed by atoms with E-state index in [4.69, 9.17) is 4.74 Å². The Balaban J connectivity index is 1.96. The van der Waals surface area contributed by atoms with Crippen LogP contribution in [0, 0.1) is 0 Å². The number of hydrogen-bond donors (Lipinski definition) is 0. The number of allylic oxidation sites excluding steroid dienone is 2. The zero-order valence-electron chi connectivity index (χ0n) is 13.3. The van der Waals surface area contributed by atoms with Crippen LogP contribution in [0.3, 0.4) is 0 Å². The van der Waals surface area contributed by atoms with Gasteiger partial charge in [-0.1, -0.05) is 30.3 Å². The molecule has 6 heteroatoms. The van der Waals surface area contributed by atoms with Crippen molar-refractivity contribution >= 4 is 17.1 Å². The Morgan fingerprint density at radius 1 is 0.885 bits per heavy atom. The molecule has 1 aliphatic carbocycles. The average Bonchev–Trinajstić information content (AvgIpc) is 2.59. The van der Waals surface area contributed by atoms with E-state index in [9.17, 15) is 22.8 Å². The molecule has 1 aliphatic heterocycles. The third kappa shape index (κ3) is 2.63. The standard InChI is InChI=1S/C20H11F3O3/c21-20(22,23)12-7-5-11(6-8-12)18-14-3-1-2-4-16(14)26-17-10-13(24)9-15(25)19(17)18/h1-8,10H,9H2. The van der Waals surface area contributed by atoms with Crippen LogP contribution in [0.25, 0.3) is 5.57 Å². The van der Waals surface area contributed by atoms with Crippen LogP contribution < -0.4 is 4.74 Å². The van der Waals surface area contributed by atoms with E-state index in [1.807, 2.05) is 0 Å². The molecule has 26 heavy (non-hydrogen) atoms. The van der Waals surface area contributed by atoms with Crippen LogP contribution in [0.4, 0.5) is 13.2 Å². The van der Waals surface area contributed by atoms with Crippen molar-refractivity contribution in [2.75, 3.05) is 0 Å². The van der Waals surface area contributed by atoms with Crippen molar-refractivity contribution < 1.29 is 27.5 Å². The maximum absolute atomic E-state index is 12.8. The summed E-state index contributed by atoms with van der Waals surface area (Å²) in [6.45, 7) is 0. The minimum atomic E-state index is -4.44. The van der Waals surface area contributed by atoms with E-state index in [0.717, 1.165) is 12.1 Å². The highest BCUT2D eigenvalue weighted by molar-refractivity contribution is 6.21. The first kappa shape index (κ1) is 16.3. The number of ketones is 2. The highest BCUT2D eigenvalue weighted by atomic mass is 19.4. The first-order valence-electron chi connectivity index (χ1n) is 7.82. The molecule has 0 amide bonds. The number of rotatable bonds is 1. The van der Waals surface area contributed by atoms with Crippen molar-refractivity contribution in [3.05, 3.63) is 82.6 Å². The van der Waals surface area contributed by atoms with Gasteiger partial charge in [0.15, 0.2) is 11.6 Å². The largest absolute Gasteiger partial charge is 0.456 e. The summed E-state index contributed by atoms with van der Waals surface area (Å²) in [5.74, 6) is -0.184. The summed E-state index contributed by atoms with van der Waals surface area (Å²) in [5.41, 5.74) is 0.986. The lowest BCUT2D eigenvalue weighted by atomic mass is 9.84. The molecule has 0 saturated heterocycles. The molecule has 0 bridgehead atoms. The number of fused-ring (bicyclic) bond motifs is 2. The maximum atomic E-state index is 12.8. The monoisotopic (exact) mass is 356 g/mol. The molecule has 0 spiro atoms. The molecule has 0 saturated carbocycles. The molecular weight excluding hydrogens is 345 g/mol. The van der Waals surface area contributed by atoms with Crippen molar-refractivity contribution in [3.8, 4) is 5.75 Å². The van der Waals surface area contributed by atoms with E-state index in [1.54, 1.807) is 24.3 Å². The number of carbonyl (C=O) groups is 2. The lowest BCUT2D eigenvalue weighted by Crippen LogP contribution is -2.24. The van der Waals surface area contributed by atoms with Gasteiger partial charge in [-0.3, -0.25) is 9.59 Å². The van der Waals surface area contributed by atoms with E-state index in [0.29, 0.717) is 22.4 Å². The number of hydrogen-bond acceptors (Lipinski definition) is 3. The van der Waals surface area contributed by atoms with Crippen molar-refractivity contribution in [1.82, 2.24) is 0 Å². The maximum Gasteiger partial charge on any atom is 0.416 e. The number of carbonyl (C=O) groups excluding carboxylic acids is 2. The summed E-state index contributed by atoms with van der Waals surface area (Å²) in [7, 11) is 0. The lowest BCUT2D eigenvalue weighted by Gasteiger charge is -2.27. The fourth-order valence-electron chi connectivity index (χ4n) is 3.14. The Morgan fingerprint density at radius 3 is 2.27 bits per heavy atom. The SMILES string of the molecule is O=C1C=C2Oc3ccccc3C(c3ccc(C(F)(F)F)cc3)=C2C(=O)C1. The number of Topliss-reactive ketones (excluding diaryl/α,β-unsaturated/α-hetero) is 1. The molecule has 0 N–H and O–H groups in total. The van der Waals surface area contributed by atoms with Gasteiger partial charge in [0.2, 0.25) is 0 Å². The van der Waals surface area contributed by atoms with Crippen LogP contribution >= 0.6 is 0 Å². The second-order valence-corrected chi connectivity index (χ2v) is 6.00. The second kappa shape index (κ2) is 5.69. The summed E-state index contributed by atoms with van der Waals surface area (Å²) in [4.78, 5) is 24.2. The predicted octanol–water partition coefficient (Wildman–Crippen LogP) is 4.33. The number of para-hydroxylation sites is 1. The van der Waals surface area contributed by atoms with Crippen LogP contribution in [-0.4, -0.2) is 11.6 Å². The quantitative estimate of drug-likeness (QED) is 0.715. The third-order valence-electron chi connectivity index (χ3n) is 4.28. The van der Waals surface area contributed by atoms with E-state index < -0.39 is 17.5 Å².